The highest BCUT2D eigenvalue weighted by atomic mass is 16.6. The molecule has 0 heterocycles. The Kier molecular flexibility index (Phi) is 12.5. The predicted molar refractivity (Wildman–Crippen MR) is 170 cm³/mol. The van der Waals surface area contributed by atoms with Gasteiger partial charge in [-0.25, -0.2) is 4.79 Å². The number of carbonyl (C=O) groups is 3. The maximum Gasteiger partial charge on any atom is 0.408 e. The molecule has 1 fully saturated rings. The molecule has 8 heteroatoms. The van der Waals surface area contributed by atoms with Gasteiger partial charge >= 0.3 is 6.09 Å². The van der Waals surface area contributed by atoms with Gasteiger partial charge in [-0.15, -0.1) is 0 Å². The average molecular weight is 594 g/mol. The number of ether oxygens (including phenoxy) is 1. The molecule has 0 spiro atoms. The fourth-order valence-electron chi connectivity index (χ4n) is 5.61. The third kappa shape index (κ3) is 10.9. The molecule has 236 valence electrons. The Morgan fingerprint density at radius 3 is 2.14 bits per heavy atom. The van der Waals surface area contributed by atoms with E-state index in [1.807, 2.05) is 37.3 Å². The Morgan fingerprint density at radius 2 is 1.56 bits per heavy atom. The Bertz CT molecular complexity index is 1170. The molecule has 0 bridgehead atoms. The van der Waals surface area contributed by atoms with E-state index in [1.54, 1.807) is 37.8 Å². The smallest absolute Gasteiger partial charge is 0.408 e. The van der Waals surface area contributed by atoms with Gasteiger partial charge in [0.15, 0.2) is 0 Å². The molecule has 0 saturated heterocycles. The number of amides is 3. The fraction of sp³-hybridized carbons (Fsp3) is 0.571. The van der Waals surface area contributed by atoms with Crippen LogP contribution in [0.5, 0.6) is 5.75 Å². The van der Waals surface area contributed by atoms with Crippen molar-refractivity contribution < 1.29 is 24.2 Å². The highest BCUT2D eigenvalue weighted by Gasteiger charge is 2.39. The van der Waals surface area contributed by atoms with Crippen LogP contribution in [0.15, 0.2) is 54.6 Å². The zero-order chi connectivity index (χ0) is 31.6. The first kappa shape index (κ1) is 33.9. The fourth-order valence-corrected chi connectivity index (χ4v) is 5.61. The topological polar surface area (TPSA) is 108 Å². The molecule has 3 unspecified atom stereocenters. The second-order valence-electron chi connectivity index (χ2n) is 13.3. The van der Waals surface area contributed by atoms with Crippen molar-refractivity contribution in [3.05, 3.63) is 65.7 Å². The molecular weight excluding hydrogens is 542 g/mol. The Hall–Kier alpha value is -3.55. The van der Waals surface area contributed by atoms with Crippen LogP contribution in [-0.2, 0) is 20.7 Å². The summed E-state index contributed by atoms with van der Waals surface area (Å²) in [5.74, 6) is -0.127. The molecule has 3 N–H and O–H groups in total. The first-order valence-corrected chi connectivity index (χ1v) is 15.8. The van der Waals surface area contributed by atoms with E-state index in [1.165, 1.54) is 12.1 Å². The molecule has 1 aliphatic rings. The lowest BCUT2D eigenvalue weighted by Crippen LogP contribution is -2.57. The highest BCUT2D eigenvalue weighted by molar-refractivity contribution is 5.92. The van der Waals surface area contributed by atoms with E-state index < -0.39 is 23.8 Å². The van der Waals surface area contributed by atoms with Crippen molar-refractivity contribution in [2.45, 2.75) is 123 Å². The third-order valence-corrected chi connectivity index (χ3v) is 7.85. The number of nitrogens with zero attached hydrogens (tertiary/aromatic N) is 1. The van der Waals surface area contributed by atoms with Crippen molar-refractivity contribution in [2.24, 2.45) is 5.92 Å². The number of hydrogen-bond acceptors (Lipinski definition) is 5. The normalized spacial score (nSPS) is 16.2. The summed E-state index contributed by atoms with van der Waals surface area (Å²) in [5, 5.41) is 16.1. The maximum atomic E-state index is 14.7. The quantitative estimate of drug-likeness (QED) is 0.255. The zero-order valence-corrected chi connectivity index (χ0v) is 26.8. The second-order valence-corrected chi connectivity index (χ2v) is 13.3. The minimum Gasteiger partial charge on any atom is -0.508 e. The largest absolute Gasteiger partial charge is 0.508 e. The Morgan fingerprint density at radius 1 is 0.930 bits per heavy atom. The molecular formula is C35H51N3O5. The molecule has 3 rings (SSSR count). The zero-order valence-electron chi connectivity index (χ0n) is 26.8. The van der Waals surface area contributed by atoms with Crippen molar-refractivity contribution in [1.29, 1.82) is 0 Å². The summed E-state index contributed by atoms with van der Waals surface area (Å²) < 4.78 is 5.55. The first-order chi connectivity index (χ1) is 20.3. The molecule has 3 amide bonds. The van der Waals surface area contributed by atoms with E-state index in [4.69, 9.17) is 4.74 Å². The van der Waals surface area contributed by atoms with Crippen LogP contribution in [0.1, 0.15) is 104 Å². The molecule has 2 aromatic carbocycles. The molecule has 0 aliphatic heterocycles. The standard InChI is InChI=1S/C35H51N3O5/c1-24(2)17-18-25(3)38(31(27-19-21-29(39)22-20-27)32(40)36-28-15-11-8-12-16-28)33(41)30(23-26-13-9-7-10-14-26)37-34(42)43-35(4,5)6/h7,9-10,13-14,19-22,24-25,28,30-31,39H,8,11-12,15-18,23H2,1-6H3,(H,36,40)(H,37,42). The van der Waals surface area contributed by atoms with E-state index in [9.17, 15) is 19.5 Å². The van der Waals surface area contributed by atoms with Gasteiger partial charge in [-0.3, -0.25) is 9.59 Å². The number of carbonyl (C=O) groups excluding carboxylic acids is 3. The lowest BCUT2D eigenvalue weighted by Gasteiger charge is -2.39. The van der Waals surface area contributed by atoms with Gasteiger partial charge in [-0.2, -0.15) is 0 Å². The molecule has 1 saturated carbocycles. The van der Waals surface area contributed by atoms with Crippen LogP contribution in [0.25, 0.3) is 0 Å². The van der Waals surface area contributed by atoms with Crippen LogP contribution in [0.3, 0.4) is 0 Å². The minimum atomic E-state index is -0.971. The van der Waals surface area contributed by atoms with E-state index in [-0.39, 0.29) is 36.1 Å². The van der Waals surface area contributed by atoms with Crippen LogP contribution in [0.4, 0.5) is 4.79 Å². The van der Waals surface area contributed by atoms with Gasteiger partial charge in [0.25, 0.3) is 0 Å². The molecule has 43 heavy (non-hydrogen) atoms. The third-order valence-electron chi connectivity index (χ3n) is 7.85. The monoisotopic (exact) mass is 593 g/mol. The molecule has 8 nitrogen and oxygen atoms in total. The number of nitrogens with one attached hydrogen (secondary N) is 2. The number of phenolic OH excluding ortho intramolecular Hbond substituents is 1. The second kappa shape index (κ2) is 15.8. The number of alkyl carbamates (subject to hydrolysis) is 1. The summed E-state index contributed by atoms with van der Waals surface area (Å²) in [6.45, 7) is 11.6. The predicted octanol–water partition coefficient (Wildman–Crippen LogP) is 6.67. The summed E-state index contributed by atoms with van der Waals surface area (Å²) >= 11 is 0. The van der Waals surface area contributed by atoms with Crippen LogP contribution >= 0.6 is 0 Å². The Balaban J connectivity index is 2.07. The molecule has 2 aromatic rings. The van der Waals surface area contributed by atoms with Crippen molar-refractivity contribution in [3.63, 3.8) is 0 Å². The molecule has 0 aromatic heterocycles. The van der Waals surface area contributed by atoms with Gasteiger partial charge in [0.2, 0.25) is 11.8 Å². The van der Waals surface area contributed by atoms with Crippen molar-refractivity contribution in [3.8, 4) is 5.75 Å². The van der Waals surface area contributed by atoms with Crippen molar-refractivity contribution in [2.75, 3.05) is 0 Å². The number of rotatable bonds is 12. The highest BCUT2D eigenvalue weighted by Crippen LogP contribution is 2.30. The summed E-state index contributed by atoms with van der Waals surface area (Å²) in [5.41, 5.74) is 0.731. The molecule has 1 aliphatic carbocycles. The van der Waals surface area contributed by atoms with Crippen molar-refractivity contribution >= 4 is 17.9 Å². The van der Waals surface area contributed by atoms with E-state index in [0.29, 0.717) is 17.9 Å². The van der Waals surface area contributed by atoms with Crippen molar-refractivity contribution in [1.82, 2.24) is 15.5 Å². The SMILES string of the molecule is CC(C)CCC(C)N(C(=O)C(Cc1ccccc1)NC(=O)OC(C)(C)C)C(C(=O)NC1CCCCC1)c1ccc(O)cc1. The summed E-state index contributed by atoms with van der Waals surface area (Å²) in [7, 11) is 0. The number of hydrogen-bond donors (Lipinski definition) is 3. The number of benzene rings is 2. The minimum absolute atomic E-state index is 0.0452. The molecule has 0 radical (unpaired) electrons. The summed E-state index contributed by atoms with van der Waals surface area (Å²) in [6.07, 6.45) is 6.16. The van der Waals surface area contributed by atoms with E-state index in [0.717, 1.165) is 44.1 Å². The van der Waals surface area contributed by atoms with Crippen LogP contribution in [-0.4, -0.2) is 51.6 Å². The summed E-state index contributed by atoms with van der Waals surface area (Å²) in [6, 6.07) is 13.8. The van der Waals surface area contributed by atoms with Gasteiger partial charge < -0.3 is 25.4 Å². The summed E-state index contributed by atoms with van der Waals surface area (Å²) in [4.78, 5) is 43.6. The number of phenols is 1. The van der Waals surface area contributed by atoms with Gasteiger partial charge in [0.1, 0.15) is 23.4 Å². The van der Waals surface area contributed by atoms with Gasteiger partial charge in [0.05, 0.1) is 0 Å². The molecule has 3 atom stereocenters. The average Bonchev–Trinajstić information content (AvgIpc) is 2.94. The number of aromatic hydroxyl groups is 1. The van der Waals surface area contributed by atoms with E-state index in [2.05, 4.69) is 24.5 Å². The van der Waals surface area contributed by atoms with Crippen LogP contribution in [0.2, 0.25) is 0 Å². The van der Waals surface area contributed by atoms with Crippen LogP contribution in [0, 0.1) is 5.92 Å². The first-order valence-electron chi connectivity index (χ1n) is 15.8. The van der Waals surface area contributed by atoms with Gasteiger partial charge in [-0.1, -0.05) is 75.6 Å². The van der Waals surface area contributed by atoms with Gasteiger partial charge in [0, 0.05) is 18.5 Å². The van der Waals surface area contributed by atoms with E-state index >= 15 is 0 Å². The Labute approximate surface area is 257 Å². The van der Waals surface area contributed by atoms with Crippen LogP contribution < -0.4 is 10.6 Å². The lowest BCUT2D eigenvalue weighted by atomic mass is 9.93. The van der Waals surface area contributed by atoms with Gasteiger partial charge in [-0.05, 0) is 82.6 Å². The maximum absolute atomic E-state index is 14.7. The lowest BCUT2D eigenvalue weighted by molar-refractivity contribution is -0.145.